The molecule has 0 radical (unpaired) electrons. The van der Waals surface area contributed by atoms with Gasteiger partial charge in [-0.05, 0) is 18.1 Å². The minimum absolute atomic E-state index is 0.0468. The van der Waals surface area contributed by atoms with E-state index in [1.807, 2.05) is 13.8 Å². The number of aliphatic carboxylic acids is 1. The molecule has 0 spiro atoms. The lowest BCUT2D eigenvalue weighted by molar-refractivity contribution is -0.137. The zero-order valence-corrected chi connectivity index (χ0v) is 11.2. The van der Waals surface area contributed by atoms with Crippen LogP contribution in [0.3, 0.4) is 0 Å². The molecule has 1 atom stereocenters. The van der Waals surface area contributed by atoms with Gasteiger partial charge in [0.05, 0.1) is 13.5 Å². The van der Waals surface area contributed by atoms with E-state index >= 15 is 0 Å². The van der Waals surface area contributed by atoms with Gasteiger partial charge in [-0.2, -0.15) is 0 Å². The molecule has 6 heteroatoms. The molecular weight excluding hydrogens is 248 g/mol. The van der Waals surface area contributed by atoms with Crippen molar-refractivity contribution >= 4 is 17.8 Å². The van der Waals surface area contributed by atoms with Gasteiger partial charge >= 0.3 is 11.9 Å². The van der Waals surface area contributed by atoms with Crippen LogP contribution in [0.15, 0.2) is 18.3 Å². The van der Waals surface area contributed by atoms with Gasteiger partial charge in [-0.25, -0.2) is 9.78 Å². The number of carbonyl (C=O) groups excluding carboxylic acids is 1. The summed E-state index contributed by atoms with van der Waals surface area (Å²) < 4.78 is 4.66. The molecule has 0 amide bonds. The van der Waals surface area contributed by atoms with Gasteiger partial charge in [0.2, 0.25) is 0 Å². The number of carboxylic acids is 1. The Balaban J connectivity index is 2.96. The number of carbonyl (C=O) groups is 2. The van der Waals surface area contributed by atoms with Crippen molar-refractivity contribution in [3.05, 3.63) is 23.9 Å². The molecule has 104 valence electrons. The van der Waals surface area contributed by atoms with Crippen LogP contribution >= 0.6 is 0 Å². The Bertz CT molecular complexity index is 460. The summed E-state index contributed by atoms with van der Waals surface area (Å²) in [6.07, 6.45) is 1.49. The van der Waals surface area contributed by atoms with Gasteiger partial charge in [0, 0.05) is 12.2 Å². The van der Waals surface area contributed by atoms with Gasteiger partial charge < -0.3 is 15.2 Å². The van der Waals surface area contributed by atoms with Crippen LogP contribution in [0.2, 0.25) is 0 Å². The normalized spacial score (nSPS) is 12.0. The lowest BCUT2D eigenvalue weighted by atomic mass is 10.0. The molecule has 1 heterocycles. The van der Waals surface area contributed by atoms with Gasteiger partial charge in [-0.1, -0.05) is 13.8 Å². The number of aromatic nitrogens is 1. The molecular formula is C13H18N2O4. The molecule has 1 unspecified atom stereocenters. The number of rotatable bonds is 6. The standard InChI is InChI=1S/C13H18N2O4/c1-8(2)10(7-11(16)17)15-12-9(13(18)19-3)5-4-6-14-12/h4-6,8,10H,7H2,1-3H3,(H,14,15)(H,16,17). The summed E-state index contributed by atoms with van der Waals surface area (Å²) in [4.78, 5) is 26.5. The SMILES string of the molecule is COC(=O)c1cccnc1NC(CC(=O)O)C(C)C. The average molecular weight is 266 g/mol. The highest BCUT2D eigenvalue weighted by molar-refractivity contribution is 5.94. The average Bonchev–Trinajstić information content (AvgIpc) is 2.37. The van der Waals surface area contributed by atoms with Crippen molar-refractivity contribution in [3.8, 4) is 0 Å². The van der Waals surface area contributed by atoms with Crippen LogP contribution in [0.25, 0.3) is 0 Å². The summed E-state index contributed by atoms with van der Waals surface area (Å²) in [5.41, 5.74) is 0.293. The first-order valence-electron chi connectivity index (χ1n) is 5.97. The third kappa shape index (κ3) is 4.24. The molecule has 1 rings (SSSR count). The first kappa shape index (κ1) is 14.9. The predicted molar refractivity (Wildman–Crippen MR) is 70.1 cm³/mol. The summed E-state index contributed by atoms with van der Waals surface area (Å²) in [7, 11) is 1.29. The number of hydrogen-bond acceptors (Lipinski definition) is 5. The zero-order valence-electron chi connectivity index (χ0n) is 11.2. The van der Waals surface area contributed by atoms with Crippen LogP contribution in [0.1, 0.15) is 30.6 Å². The van der Waals surface area contributed by atoms with Crippen LogP contribution in [0.4, 0.5) is 5.82 Å². The van der Waals surface area contributed by atoms with E-state index in [9.17, 15) is 9.59 Å². The molecule has 0 saturated heterocycles. The summed E-state index contributed by atoms with van der Waals surface area (Å²) >= 11 is 0. The summed E-state index contributed by atoms with van der Waals surface area (Å²) in [6, 6.07) is 2.90. The van der Waals surface area contributed by atoms with Crippen molar-refractivity contribution in [2.75, 3.05) is 12.4 Å². The Morgan fingerprint density at radius 3 is 2.68 bits per heavy atom. The van der Waals surface area contributed by atoms with E-state index < -0.39 is 11.9 Å². The molecule has 19 heavy (non-hydrogen) atoms. The second-order valence-corrected chi connectivity index (χ2v) is 4.48. The molecule has 0 aromatic carbocycles. The van der Waals surface area contributed by atoms with Crippen LogP contribution in [0, 0.1) is 5.92 Å². The van der Waals surface area contributed by atoms with Gasteiger partial charge in [0.25, 0.3) is 0 Å². The minimum atomic E-state index is -0.901. The van der Waals surface area contributed by atoms with Gasteiger partial charge in [-0.3, -0.25) is 4.79 Å². The van der Waals surface area contributed by atoms with Crippen molar-refractivity contribution in [1.82, 2.24) is 4.98 Å². The monoisotopic (exact) mass is 266 g/mol. The number of carboxylic acid groups (broad SMARTS) is 1. The molecule has 0 saturated carbocycles. The minimum Gasteiger partial charge on any atom is -0.481 e. The smallest absolute Gasteiger partial charge is 0.341 e. The molecule has 6 nitrogen and oxygen atoms in total. The first-order chi connectivity index (χ1) is 8.95. The molecule has 0 fully saturated rings. The van der Waals surface area contributed by atoms with E-state index in [1.54, 1.807) is 12.1 Å². The number of hydrogen-bond donors (Lipinski definition) is 2. The Hall–Kier alpha value is -2.11. The fourth-order valence-corrected chi connectivity index (χ4v) is 1.61. The molecule has 0 aliphatic heterocycles. The lowest BCUT2D eigenvalue weighted by Crippen LogP contribution is -2.30. The lowest BCUT2D eigenvalue weighted by Gasteiger charge is -2.22. The van der Waals surface area contributed by atoms with E-state index in [1.165, 1.54) is 13.3 Å². The second-order valence-electron chi connectivity index (χ2n) is 4.48. The number of ether oxygens (including phenoxy) is 1. The fraction of sp³-hybridized carbons (Fsp3) is 0.462. The van der Waals surface area contributed by atoms with E-state index in [-0.39, 0.29) is 18.4 Å². The second kappa shape index (κ2) is 6.72. The third-order valence-corrected chi connectivity index (χ3v) is 2.73. The Morgan fingerprint density at radius 1 is 1.47 bits per heavy atom. The van der Waals surface area contributed by atoms with Crippen molar-refractivity contribution in [2.45, 2.75) is 26.3 Å². The maximum atomic E-state index is 11.6. The maximum absolute atomic E-state index is 11.6. The number of methoxy groups -OCH3 is 1. The molecule has 1 aromatic rings. The van der Waals surface area contributed by atoms with Crippen molar-refractivity contribution in [3.63, 3.8) is 0 Å². The van der Waals surface area contributed by atoms with Crippen molar-refractivity contribution in [1.29, 1.82) is 0 Å². The van der Waals surface area contributed by atoms with Gasteiger partial charge in [-0.15, -0.1) is 0 Å². The number of esters is 1. The van der Waals surface area contributed by atoms with E-state index in [4.69, 9.17) is 5.11 Å². The molecule has 0 aliphatic rings. The molecule has 0 aliphatic carbocycles. The number of anilines is 1. The first-order valence-corrected chi connectivity index (χ1v) is 5.97. The van der Waals surface area contributed by atoms with E-state index in [2.05, 4.69) is 15.0 Å². The number of pyridine rings is 1. The molecule has 1 aromatic heterocycles. The van der Waals surface area contributed by atoms with E-state index in [0.29, 0.717) is 11.4 Å². The summed E-state index contributed by atoms with van der Waals surface area (Å²) in [5.74, 6) is -0.979. The number of nitrogens with zero attached hydrogens (tertiary/aromatic N) is 1. The Labute approximate surface area is 111 Å². The highest BCUT2D eigenvalue weighted by Crippen LogP contribution is 2.18. The van der Waals surface area contributed by atoms with Crippen molar-refractivity contribution < 1.29 is 19.4 Å². The third-order valence-electron chi connectivity index (χ3n) is 2.73. The quantitative estimate of drug-likeness (QED) is 0.763. The summed E-state index contributed by atoms with van der Waals surface area (Å²) in [5, 5.41) is 11.9. The fourth-order valence-electron chi connectivity index (χ4n) is 1.61. The Morgan fingerprint density at radius 2 is 2.16 bits per heavy atom. The predicted octanol–water partition coefficient (Wildman–Crippen LogP) is 1.78. The van der Waals surface area contributed by atoms with Crippen molar-refractivity contribution in [2.24, 2.45) is 5.92 Å². The molecule has 0 bridgehead atoms. The van der Waals surface area contributed by atoms with Gasteiger partial charge in [0.1, 0.15) is 11.4 Å². The van der Waals surface area contributed by atoms with E-state index in [0.717, 1.165) is 0 Å². The summed E-state index contributed by atoms with van der Waals surface area (Å²) in [6.45, 7) is 3.81. The zero-order chi connectivity index (χ0) is 14.4. The Kier molecular flexibility index (Phi) is 5.29. The van der Waals surface area contributed by atoms with Crippen LogP contribution in [-0.4, -0.2) is 35.2 Å². The maximum Gasteiger partial charge on any atom is 0.341 e. The van der Waals surface area contributed by atoms with Gasteiger partial charge in [0.15, 0.2) is 0 Å². The molecule has 2 N–H and O–H groups in total. The topological polar surface area (TPSA) is 88.5 Å². The largest absolute Gasteiger partial charge is 0.481 e. The highest BCUT2D eigenvalue weighted by Gasteiger charge is 2.20. The highest BCUT2D eigenvalue weighted by atomic mass is 16.5. The van der Waals surface area contributed by atoms with Crippen LogP contribution < -0.4 is 5.32 Å². The number of nitrogens with one attached hydrogen (secondary N) is 1. The van der Waals surface area contributed by atoms with Crippen LogP contribution in [0.5, 0.6) is 0 Å². The van der Waals surface area contributed by atoms with Crippen LogP contribution in [-0.2, 0) is 9.53 Å².